The van der Waals surface area contributed by atoms with Gasteiger partial charge < -0.3 is 10.2 Å². The fraction of sp³-hybridized carbons (Fsp3) is 0.440. The van der Waals surface area contributed by atoms with Crippen molar-refractivity contribution in [1.82, 2.24) is 10.2 Å². The van der Waals surface area contributed by atoms with E-state index >= 15 is 0 Å². The molecular weight excluding hydrogens is 428 g/mol. The second-order valence-corrected chi connectivity index (χ2v) is 9.22. The average molecular weight is 461 g/mol. The molecule has 0 aromatic heterocycles. The Hall–Kier alpha value is -1.98. The lowest BCUT2D eigenvalue weighted by atomic mass is 10.1. The predicted octanol–water partition coefficient (Wildman–Crippen LogP) is 5.59. The Kier molecular flexibility index (Phi) is 11.0. The van der Waals surface area contributed by atoms with Crippen molar-refractivity contribution in [3.05, 3.63) is 65.2 Å². The summed E-state index contributed by atoms with van der Waals surface area (Å²) in [6.07, 6.45) is 2.56. The molecule has 2 rings (SSSR count). The third-order valence-corrected chi connectivity index (χ3v) is 6.54. The van der Waals surface area contributed by atoms with E-state index in [1.54, 1.807) is 16.7 Å². The van der Waals surface area contributed by atoms with Gasteiger partial charge in [0.15, 0.2) is 0 Å². The van der Waals surface area contributed by atoms with Crippen molar-refractivity contribution in [3.8, 4) is 0 Å². The Morgan fingerprint density at radius 2 is 1.71 bits per heavy atom. The van der Waals surface area contributed by atoms with Gasteiger partial charge in [0.2, 0.25) is 11.8 Å². The molecule has 0 bridgehead atoms. The summed E-state index contributed by atoms with van der Waals surface area (Å²) in [4.78, 5) is 28.9. The molecule has 0 saturated heterocycles. The number of nitrogens with one attached hydrogen (secondary N) is 1. The molecule has 0 spiro atoms. The molecule has 1 N–H and O–H groups in total. The van der Waals surface area contributed by atoms with Crippen molar-refractivity contribution in [2.24, 2.45) is 0 Å². The third kappa shape index (κ3) is 8.58. The van der Waals surface area contributed by atoms with E-state index in [0.717, 1.165) is 23.3 Å². The molecule has 0 aliphatic heterocycles. The average Bonchev–Trinajstić information content (AvgIpc) is 2.78. The first-order valence-corrected chi connectivity index (χ1v) is 12.3. The standard InChI is InChI=1S/C25H33ClN2O2S/c1-4-19(3)27-25(30)23(5-2)28(17-15-20-9-7-6-8-10-20)24(29)16-18-31-22-13-11-21(26)12-14-22/h6-14,19,23H,4-5,15-18H2,1-3H3,(H,27,30)/t19-,23-/m0/s1. The van der Waals surface area contributed by atoms with Crippen LogP contribution in [0.2, 0.25) is 5.02 Å². The van der Waals surface area contributed by atoms with E-state index in [2.05, 4.69) is 17.4 Å². The van der Waals surface area contributed by atoms with E-state index in [1.807, 2.05) is 63.2 Å². The number of benzene rings is 2. The number of amides is 2. The minimum Gasteiger partial charge on any atom is -0.352 e. The van der Waals surface area contributed by atoms with Gasteiger partial charge in [0.1, 0.15) is 6.04 Å². The fourth-order valence-electron chi connectivity index (χ4n) is 3.27. The van der Waals surface area contributed by atoms with Crippen molar-refractivity contribution >= 4 is 35.2 Å². The second kappa shape index (κ2) is 13.4. The molecule has 2 aromatic carbocycles. The van der Waals surface area contributed by atoms with E-state index in [4.69, 9.17) is 11.6 Å². The Bertz CT molecular complexity index is 814. The first-order chi connectivity index (χ1) is 14.9. The van der Waals surface area contributed by atoms with Gasteiger partial charge in [0.25, 0.3) is 0 Å². The highest BCUT2D eigenvalue weighted by molar-refractivity contribution is 7.99. The summed E-state index contributed by atoms with van der Waals surface area (Å²) in [6, 6.07) is 17.3. The van der Waals surface area contributed by atoms with Crippen LogP contribution in [0.1, 0.15) is 45.6 Å². The Morgan fingerprint density at radius 1 is 1.03 bits per heavy atom. The van der Waals surface area contributed by atoms with Gasteiger partial charge in [-0.15, -0.1) is 11.8 Å². The van der Waals surface area contributed by atoms with Crippen molar-refractivity contribution in [3.63, 3.8) is 0 Å². The maximum absolute atomic E-state index is 13.2. The molecule has 0 radical (unpaired) electrons. The van der Waals surface area contributed by atoms with Gasteiger partial charge in [-0.3, -0.25) is 9.59 Å². The minimum atomic E-state index is -0.453. The molecule has 4 nitrogen and oxygen atoms in total. The van der Waals surface area contributed by atoms with Crippen LogP contribution in [0.3, 0.4) is 0 Å². The van der Waals surface area contributed by atoms with Gasteiger partial charge in [0, 0.05) is 34.7 Å². The Balaban J connectivity index is 2.05. The summed E-state index contributed by atoms with van der Waals surface area (Å²) in [5.74, 6) is 0.610. The maximum Gasteiger partial charge on any atom is 0.243 e. The van der Waals surface area contributed by atoms with Crippen LogP contribution in [0.5, 0.6) is 0 Å². The molecule has 0 fully saturated rings. The number of hydrogen-bond donors (Lipinski definition) is 1. The lowest BCUT2D eigenvalue weighted by molar-refractivity contribution is -0.140. The van der Waals surface area contributed by atoms with Gasteiger partial charge in [0.05, 0.1) is 0 Å². The molecule has 2 amide bonds. The van der Waals surface area contributed by atoms with Crippen molar-refractivity contribution < 1.29 is 9.59 Å². The third-order valence-electron chi connectivity index (χ3n) is 5.27. The number of carbonyl (C=O) groups is 2. The minimum absolute atomic E-state index is 0.0172. The molecule has 0 unspecified atom stereocenters. The van der Waals surface area contributed by atoms with E-state index in [1.165, 1.54) is 0 Å². The number of halogens is 1. The number of rotatable bonds is 12. The summed E-state index contributed by atoms with van der Waals surface area (Å²) in [5.41, 5.74) is 1.16. The quantitative estimate of drug-likeness (QED) is 0.420. The van der Waals surface area contributed by atoms with Crippen LogP contribution in [0.4, 0.5) is 0 Å². The second-order valence-electron chi connectivity index (χ2n) is 7.62. The van der Waals surface area contributed by atoms with Crippen molar-refractivity contribution in [1.29, 1.82) is 0 Å². The zero-order chi connectivity index (χ0) is 22.6. The highest BCUT2D eigenvalue weighted by Crippen LogP contribution is 2.22. The first kappa shape index (κ1) is 25.3. The van der Waals surface area contributed by atoms with Crippen LogP contribution >= 0.6 is 23.4 Å². The Morgan fingerprint density at radius 3 is 2.32 bits per heavy atom. The zero-order valence-corrected chi connectivity index (χ0v) is 20.2. The summed E-state index contributed by atoms with van der Waals surface area (Å²) < 4.78 is 0. The van der Waals surface area contributed by atoms with Crippen LogP contribution in [0.25, 0.3) is 0 Å². The Labute approximate surface area is 195 Å². The highest BCUT2D eigenvalue weighted by atomic mass is 35.5. The molecule has 0 saturated carbocycles. The number of hydrogen-bond acceptors (Lipinski definition) is 3. The molecule has 0 aliphatic carbocycles. The topological polar surface area (TPSA) is 49.4 Å². The maximum atomic E-state index is 13.2. The lowest BCUT2D eigenvalue weighted by Crippen LogP contribution is -2.51. The first-order valence-electron chi connectivity index (χ1n) is 11.0. The molecule has 168 valence electrons. The molecule has 2 atom stereocenters. The predicted molar refractivity (Wildman–Crippen MR) is 131 cm³/mol. The summed E-state index contributed by atoms with van der Waals surface area (Å²) in [7, 11) is 0. The SMILES string of the molecule is CC[C@H](C)NC(=O)[C@H](CC)N(CCc1ccccc1)C(=O)CCSc1ccc(Cl)cc1. The zero-order valence-electron chi connectivity index (χ0n) is 18.6. The normalized spacial score (nSPS) is 12.8. The molecule has 0 aliphatic rings. The van der Waals surface area contributed by atoms with Crippen LogP contribution in [0, 0.1) is 0 Å². The highest BCUT2D eigenvalue weighted by Gasteiger charge is 2.28. The van der Waals surface area contributed by atoms with Crippen LogP contribution in [-0.4, -0.2) is 41.1 Å². The van der Waals surface area contributed by atoms with E-state index in [9.17, 15) is 9.59 Å². The monoisotopic (exact) mass is 460 g/mol. The van der Waals surface area contributed by atoms with E-state index in [0.29, 0.717) is 30.2 Å². The molecule has 2 aromatic rings. The number of nitrogens with zero attached hydrogens (tertiary/aromatic N) is 1. The number of carbonyl (C=O) groups excluding carboxylic acids is 2. The smallest absolute Gasteiger partial charge is 0.243 e. The molecule has 0 heterocycles. The fourth-order valence-corrected chi connectivity index (χ4v) is 4.23. The largest absolute Gasteiger partial charge is 0.352 e. The van der Waals surface area contributed by atoms with Crippen LogP contribution in [-0.2, 0) is 16.0 Å². The van der Waals surface area contributed by atoms with Gasteiger partial charge in [-0.25, -0.2) is 0 Å². The summed E-state index contributed by atoms with van der Waals surface area (Å²) >= 11 is 7.57. The summed E-state index contributed by atoms with van der Waals surface area (Å²) in [5, 5.41) is 3.75. The van der Waals surface area contributed by atoms with Crippen molar-refractivity contribution in [2.45, 2.75) is 63.4 Å². The molecule has 31 heavy (non-hydrogen) atoms. The number of thioether (sulfide) groups is 1. The lowest BCUT2D eigenvalue weighted by Gasteiger charge is -2.31. The van der Waals surface area contributed by atoms with E-state index in [-0.39, 0.29) is 17.9 Å². The molecule has 6 heteroatoms. The van der Waals surface area contributed by atoms with Crippen molar-refractivity contribution in [2.75, 3.05) is 12.3 Å². The van der Waals surface area contributed by atoms with Crippen LogP contribution in [0.15, 0.2) is 59.5 Å². The summed E-state index contributed by atoms with van der Waals surface area (Å²) in [6.45, 7) is 6.52. The van der Waals surface area contributed by atoms with Gasteiger partial charge in [-0.05, 0) is 56.0 Å². The van der Waals surface area contributed by atoms with E-state index < -0.39 is 6.04 Å². The molecular formula is C25H33ClN2O2S. The van der Waals surface area contributed by atoms with Gasteiger partial charge in [-0.1, -0.05) is 55.8 Å². The van der Waals surface area contributed by atoms with Crippen LogP contribution < -0.4 is 5.32 Å². The van der Waals surface area contributed by atoms with Gasteiger partial charge in [-0.2, -0.15) is 0 Å². The van der Waals surface area contributed by atoms with Gasteiger partial charge >= 0.3 is 0 Å².